The van der Waals surface area contributed by atoms with Crippen molar-refractivity contribution in [3.05, 3.63) is 54.0 Å². The smallest absolute Gasteiger partial charge is 0.246 e. The second-order valence-electron chi connectivity index (χ2n) is 8.27. The number of aryl methyl sites for hydroxylation is 1. The summed E-state index contributed by atoms with van der Waals surface area (Å²) in [5.74, 6) is 0.204. The van der Waals surface area contributed by atoms with E-state index in [1.807, 2.05) is 37.1 Å². The molecular weight excluding hydrogens is 444 g/mol. The van der Waals surface area contributed by atoms with Gasteiger partial charge in [0.15, 0.2) is 17.5 Å². The van der Waals surface area contributed by atoms with E-state index in [2.05, 4.69) is 20.4 Å². The molecule has 0 aliphatic heterocycles. The van der Waals surface area contributed by atoms with Crippen molar-refractivity contribution >= 4 is 29.3 Å². The van der Waals surface area contributed by atoms with Crippen LogP contribution >= 0.6 is 11.8 Å². The van der Waals surface area contributed by atoms with Crippen LogP contribution in [0.3, 0.4) is 0 Å². The van der Waals surface area contributed by atoms with Gasteiger partial charge in [0.1, 0.15) is 10.8 Å². The van der Waals surface area contributed by atoms with Gasteiger partial charge in [-0.15, -0.1) is 0 Å². The number of hydrazine groups is 1. The van der Waals surface area contributed by atoms with Gasteiger partial charge < -0.3 is 4.90 Å². The molecule has 1 aromatic carbocycles. The van der Waals surface area contributed by atoms with Crippen molar-refractivity contribution in [1.82, 2.24) is 19.9 Å². The molecule has 0 unspecified atom stereocenters. The highest BCUT2D eigenvalue weighted by molar-refractivity contribution is 7.99. The van der Waals surface area contributed by atoms with E-state index in [1.54, 1.807) is 12.4 Å². The summed E-state index contributed by atoms with van der Waals surface area (Å²) < 4.78 is 26.8. The first-order valence-electron chi connectivity index (χ1n) is 10.9. The van der Waals surface area contributed by atoms with Crippen molar-refractivity contribution in [3.63, 3.8) is 0 Å². The number of nitrogens with one attached hydrogen (secondary N) is 1. The Morgan fingerprint density at radius 3 is 2.52 bits per heavy atom. The first-order valence-corrected chi connectivity index (χ1v) is 11.7. The molecule has 7 nitrogen and oxygen atoms in total. The van der Waals surface area contributed by atoms with Crippen LogP contribution in [0.1, 0.15) is 37.7 Å². The third kappa shape index (κ3) is 5.68. The van der Waals surface area contributed by atoms with Crippen molar-refractivity contribution < 1.29 is 8.78 Å². The molecule has 1 aliphatic carbocycles. The first kappa shape index (κ1) is 23.2. The third-order valence-electron chi connectivity index (χ3n) is 5.47. The topological polar surface area (TPSA) is 70.1 Å². The highest BCUT2D eigenvalue weighted by Crippen LogP contribution is 2.30. The van der Waals surface area contributed by atoms with Gasteiger partial charge in [-0.25, -0.2) is 23.8 Å². The summed E-state index contributed by atoms with van der Waals surface area (Å²) in [7, 11) is 3.92. The molecule has 10 heteroatoms. The summed E-state index contributed by atoms with van der Waals surface area (Å²) in [6, 6.07) is 4.00. The molecule has 33 heavy (non-hydrogen) atoms. The maximum atomic E-state index is 13.6. The average molecular weight is 472 g/mol. The zero-order valence-electron chi connectivity index (χ0n) is 18.9. The molecule has 1 fully saturated rings. The fourth-order valence-corrected chi connectivity index (χ4v) is 4.67. The van der Waals surface area contributed by atoms with Gasteiger partial charge in [0, 0.05) is 30.8 Å². The molecule has 0 saturated heterocycles. The third-order valence-corrected chi connectivity index (χ3v) is 6.37. The number of hydrogen-bond donors (Lipinski definition) is 1. The maximum Gasteiger partial charge on any atom is 0.246 e. The first-order chi connectivity index (χ1) is 15.9. The summed E-state index contributed by atoms with van der Waals surface area (Å²) in [4.78, 5) is 20.8. The van der Waals surface area contributed by atoms with Gasteiger partial charge >= 0.3 is 0 Å². The normalized spacial score (nSPS) is 14.2. The van der Waals surface area contributed by atoms with Gasteiger partial charge in [0.25, 0.3) is 0 Å². The number of hydrogen-bond acceptors (Lipinski definition) is 8. The predicted octanol–water partition coefficient (Wildman–Crippen LogP) is 5.24. The highest BCUT2D eigenvalue weighted by atomic mass is 32.2. The van der Waals surface area contributed by atoms with Crippen LogP contribution in [0.15, 0.2) is 46.7 Å². The lowest BCUT2D eigenvalue weighted by Crippen LogP contribution is -2.43. The Morgan fingerprint density at radius 1 is 1.00 bits per heavy atom. The van der Waals surface area contributed by atoms with Crippen LogP contribution in [-0.2, 0) is 0 Å². The minimum absolute atomic E-state index is 0.223. The van der Waals surface area contributed by atoms with Crippen LogP contribution in [-0.4, -0.2) is 40.1 Å². The van der Waals surface area contributed by atoms with Crippen molar-refractivity contribution in [3.8, 4) is 0 Å². The molecule has 0 radical (unpaired) electrons. The summed E-state index contributed by atoms with van der Waals surface area (Å²) in [5.41, 5.74) is 4.36. The van der Waals surface area contributed by atoms with E-state index in [0.29, 0.717) is 21.7 Å². The van der Waals surface area contributed by atoms with E-state index in [0.717, 1.165) is 49.2 Å². The lowest BCUT2D eigenvalue weighted by Gasteiger charge is -2.35. The predicted molar refractivity (Wildman–Crippen MR) is 127 cm³/mol. The second-order valence-corrected chi connectivity index (χ2v) is 9.36. The molecule has 3 aromatic rings. The Bertz CT molecular complexity index is 1110. The van der Waals surface area contributed by atoms with E-state index in [1.165, 1.54) is 24.2 Å². The Labute approximate surface area is 196 Å². The monoisotopic (exact) mass is 471 g/mol. The maximum absolute atomic E-state index is 13.6. The largest absolute Gasteiger partial charge is 0.362 e. The summed E-state index contributed by atoms with van der Waals surface area (Å²) in [5, 5.41) is 2.55. The molecule has 4 rings (SSSR count). The van der Waals surface area contributed by atoms with E-state index in [-0.39, 0.29) is 6.04 Å². The molecule has 2 aromatic heterocycles. The number of anilines is 3. The highest BCUT2D eigenvalue weighted by Gasteiger charge is 2.25. The van der Waals surface area contributed by atoms with Crippen LogP contribution in [0.4, 0.5) is 26.4 Å². The van der Waals surface area contributed by atoms with Crippen LogP contribution in [0.5, 0.6) is 0 Å². The number of aromatic nitrogens is 4. The average Bonchev–Trinajstić information content (AvgIpc) is 2.81. The van der Waals surface area contributed by atoms with E-state index >= 15 is 0 Å². The van der Waals surface area contributed by atoms with Crippen molar-refractivity contribution in [2.75, 3.05) is 29.4 Å². The molecule has 1 aliphatic rings. The van der Waals surface area contributed by atoms with Gasteiger partial charge in [-0.1, -0.05) is 31.0 Å². The zero-order chi connectivity index (χ0) is 23.4. The van der Waals surface area contributed by atoms with Gasteiger partial charge in [0.05, 0.1) is 18.4 Å². The molecule has 0 atom stereocenters. The molecule has 0 spiro atoms. The molecule has 0 amide bonds. The molecule has 2 heterocycles. The van der Waals surface area contributed by atoms with Crippen molar-refractivity contribution in [2.24, 2.45) is 0 Å². The standard InChI is InChI=1S/C23H27F2N7S/c1-15-12-27-23(29-22(15)31(2)3)32(16-7-5-4-6-8-16)30-20-13-26-14-21(28-20)33-17-9-10-18(24)19(25)11-17/h9-14,16H,4-8H2,1-3H3,(H,28,30). The molecule has 1 N–H and O–H groups in total. The van der Waals surface area contributed by atoms with Gasteiger partial charge in [-0.2, -0.15) is 4.98 Å². The number of nitrogens with zero attached hydrogens (tertiary/aromatic N) is 6. The summed E-state index contributed by atoms with van der Waals surface area (Å²) in [6.45, 7) is 1.99. The van der Waals surface area contributed by atoms with Crippen LogP contribution < -0.4 is 15.3 Å². The van der Waals surface area contributed by atoms with Crippen LogP contribution in [0.2, 0.25) is 0 Å². The van der Waals surface area contributed by atoms with E-state index in [4.69, 9.17) is 4.98 Å². The molecule has 0 bridgehead atoms. The Morgan fingerprint density at radius 2 is 1.79 bits per heavy atom. The SMILES string of the molecule is Cc1cnc(N(Nc2cncc(Sc3ccc(F)c(F)c3)n2)C2CCCCC2)nc1N(C)C. The quantitative estimate of drug-likeness (QED) is 0.470. The van der Waals surface area contributed by atoms with Gasteiger partial charge in [-0.05, 0) is 38.0 Å². The summed E-state index contributed by atoms with van der Waals surface area (Å²) >= 11 is 1.21. The van der Waals surface area contributed by atoms with E-state index in [9.17, 15) is 8.78 Å². The Kier molecular flexibility index (Phi) is 7.22. The fourth-order valence-electron chi connectivity index (χ4n) is 3.87. The molecule has 174 valence electrons. The van der Waals surface area contributed by atoms with Crippen molar-refractivity contribution in [2.45, 2.75) is 55.0 Å². The zero-order valence-corrected chi connectivity index (χ0v) is 19.7. The second kappa shape index (κ2) is 10.3. The van der Waals surface area contributed by atoms with Crippen LogP contribution in [0.25, 0.3) is 0 Å². The van der Waals surface area contributed by atoms with Gasteiger partial charge in [-0.3, -0.25) is 10.4 Å². The lowest BCUT2D eigenvalue weighted by atomic mass is 9.95. The number of benzene rings is 1. The Hall–Kier alpha value is -3.01. The lowest BCUT2D eigenvalue weighted by molar-refractivity contribution is 0.422. The van der Waals surface area contributed by atoms with E-state index < -0.39 is 11.6 Å². The Balaban J connectivity index is 1.60. The van der Waals surface area contributed by atoms with Gasteiger partial charge in [0.2, 0.25) is 5.95 Å². The summed E-state index contributed by atoms with van der Waals surface area (Å²) in [6.07, 6.45) is 10.6. The number of rotatable bonds is 7. The fraction of sp³-hybridized carbons (Fsp3) is 0.391. The van der Waals surface area contributed by atoms with Crippen molar-refractivity contribution in [1.29, 1.82) is 0 Å². The number of halogens is 2. The molecule has 1 saturated carbocycles. The van der Waals surface area contributed by atoms with Crippen LogP contribution in [0, 0.1) is 18.6 Å². The molecular formula is C23H27F2N7S. The minimum Gasteiger partial charge on any atom is -0.362 e. The minimum atomic E-state index is -0.890.